The van der Waals surface area contributed by atoms with E-state index >= 15 is 0 Å². The van der Waals surface area contributed by atoms with Crippen molar-refractivity contribution in [2.24, 2.45) is 0 Å². The largest absolute Gasteiger partial charge is 0 e. The van der Waals surface area contributed by atoms with Gasteiger partial charge in [-0.15, -0.1) is 0 Å². The molecule has 0 rings (SSSR count). The molecule has 0 aromatic rings. The summed E-state index contributed by atoms with van der Waals surface area (Å²) in [6.45, 7) is 0. The van der Waals surface area contributed by atoms with E-state index < -0.39 is 7.82 Å². The molecule has 0 aliphatic heterocycles. The number of rotatable bonds is 1. The van der Waals surface area contributed by atoms with Gasteiger partial charge in [-0.25, -0.2) is 0 Å². The molecule has 7 heteroatoms. The second-order valence-electron chi connectivity index (χ2n) is 0.555. The van der Waals surface area contributed by atoms with Crippen LogP contribution in [-0.2, 0) is 38.2 Å². The third-order valence-electron chi connectivity index (χ3n) is 0.0841. The first-order valence-electron chi connectivity index (χ1n) is 0.909. The maximum absolute atomic E-state index is 9.48. The topological polar surface area (TPSA) is 66.8 Å². The Hall–Kier alpha value is 2.54. The third-order valence-corrected chi connectivity index (χ3v) is 1.87. The van der Waals surface area contributed by atoms with Crippen LogP contribution in [0.15, 0.2) is 0 Å². The van der Waals surface area contributed by atoms with E-state index in [-0.39, 0.29) is 32.7 Å². The Morgan fingerprint density at radius 2 is 1.71 bits per heavy atom. The quantitative estimate of drug-likeness (QED) is 0.634. The fraction of sp³-hybridized carbons (Fsp3) is 0. The van der Waals surface area contributed by atoms with Gasteiger partial charge in [0.05, 0.1) is 0 Å². The molecular weight excluding hydrogens is 341 g/mol. The van der Waals surface area contributed by atoms with Gasteiger partial charge in [-0.2, -0.15) is 0 Å². The van der Waals surface area contributed by atoms with Crippen LogP contribution in [0.1, 0.15) is 0 Å². The molecule has 0 unspecified atom stereocenters. The van der Waals surface area contributed by atoms with Gasteiger partial charge in [0.25, 0.3) is 0 Å². The molecule has 0 amide bonds. The molecule has 0 aliphatic carbocycles. The standard InChI is InChI=1S/Gd.H3O4P.Y/c;1-5(2,3)4;/h;(H3,1,2,3,4);/q+1;;/p-1. The van der Waals surface area contributed by atoms with E-state index in [1.807, 2.05) is 0 Å². The van der Waals surface area contributed by atoms with E-state index in [1.54, 1.807) is 0 Å². The number of hydrogen-bond donors (Lipinski definition) is 2. The van der Waals surface area contributed by atoms with Crippen LogP contribution in [0.5, 0.6) is 0 Å². The Balaban J connectivity index is 0. The molecule has 0 fully saturated rings. The van der Waals surface area contributed by atoms with Crippen molar-refractivity contribution < 1.29 is 86.5 Å². The van der Waals surface area contributed by atoms with Crippen LogP contribution < -0.4 is 0 Å². The van der Waals surface area contributed by atoms with Crippen molar-refractivity contribution >= 4 is 7.82 Å². The molecule has 42 valence electrons. The Labute approximate surface area is 92.5 Å². The minimum atomic E-state index is -4.13. The van der Waals surface area contributed by atoms with Gasteiger partial charge in [0.2, 0.25) is 0 Å². The van der Waals surface area contributed by atoms with Gasteiger partial charge in [0, 0.05) is 32.7 Å². The molecule has 7 heavy (non-hydrogen) atoms. The average molecular weight is 343 g/mol. The second kappa shape index (κ2) is 5.33. The van der Waals surface area contributed by atoms with Gasteiger partial charge in [0.15, 0.2) is 0 Å². The molecule has 0 bridgehead atoms. The maximum atomic E-state index is 9.48. The van der Waals surface area contributed by atoms with Crippen LogP contribution in [0.4, 0.5) is 0 Å². The zero-order valence-corrected chi connectivity index (χ0v) is 9.09. The van der Waals surface area contributed by atoms with Crippen LogP contribution in [0, 0.1) is 38.5 Å². The molecule has 2 N–H and O–H groups in total. The summed E-state index contributed by atoms with van der Waals surface area (Å²) in [5, 5.41) is 0. The summed E-state index contributed by atoms with van der Waals surface area (Å²) in [4.78, 5) is 15.4. The Kier molecular flexibility index (Phi) is 9.32. The first-order valence-corrected chi connectivity index (χ1v) is 3.37. The minimum absolute atomic E-state index is 0. The summed E-state index contributed by atoms with van der Waals surface area (Å²) in [7, 11) is -4.13. The zero-order valence-electron chi connectivity index (χ0n) is 3.09. The molecule has 0 saturated heterocycles. The van der Waals surface area contributed by atoms with Crippen molar-refractivity contribution in [3.05, 3.63) is 0 Å². The molecule has 1 radical (unpaired) electrons. The van der Waals surface area contributed by atoms with Gasteiger partial charge in [-0.1, -0.05) is 0 Å². The minimum Gasteiger partial charge on any atom is 0 e. The zero-order chi connectivity index (χ0) is 5.21. The van der Waals surface area contributed by atoms with Crippen LogP contribution in [0.3, 0.4) is 0 Å². The van der Waals surface area contributed by atoms with Crippen molar-refractivity contribution in [1.29, 1.82) is 0 Å². The molecule has 0 saturated carbocycles. The number of phosphoric acid groups is 1. The molecule has 0 aromatic heterocycles. The Bertz CT molecular complexity index is 75.8. The predicted molar refractivity (Wildman–Crippen MR) is 13.1 cm³/mol. The van der Waals surface area contributed by atoms with Gasteiger partial charge in [-0.3, -0.25) is 0 Å². The molecular formula is H2GdO4PY. The van der Waals surface area contributed by atoms with E-state index in [4.69, 9.17) is 9.79 Å². The van der Waals surface area contributed by atoms with Crippen LogP contribution in [0.2, 0.25) is 0 Å². The summed E-state index contributed by atoms with van der Waals surface area (Å²) in [6.07, 6.45) is 0. The van der Waals surface area contributed by atoms with E-state index in [9.17, 15) is 4.57 Å². The summed E-state index contributed by atoms with van der Waals surface area (Å²) < 4.78 is 13.1. The fourth-order valence-corrected chi connectivity index (χ4v) is 0. The first-order chi connectivity index (χ1) is 2.56. The van der Waals surface area contributed by atoms with Gasteiger partial charge in [-0.05, 0) is 0 Å². The first kappa shape index (κ1) is 12.2. The molecule has 0 atom stereocenters. The van der Waals surface area contributed by atoms with E-state index in [0.717, 1.165) is 38.5 Å². The summed E-state index contributed by atoms with van der Waals surface area (Å²) in [6, 6.07) is 0. The van der Waals surface area contributed by atoms with Crippen molar-refractivity contribution in [2.45, 2.75) is 0 Å². The average Bonchev–Trinajstić information content (AvgIpc) is 1.35. The summed E-state index contributed by atoms with van der Waals surface area (Å²) in [5.74, 6) is 0. The van der Waals surface area contributed by atoms with Gasteiger partial charge < -0.3 is 0 Å². The van der Waals surface area contributed by atoms with Crippen molar-refractivity contribution in [2.75, 3.05) is 0 Å². The number of hydrogen-bond acceptors (Lipinski definition) is 2. The molecule has 0 heterocycles. The SMILES string of the molecule is O=P(O)(O)[O][Gd].[Y]. The van der Waals surface area contributed by atoms with Crippen molar-refractivity contribution in [3.63, 3.8) is 0 Å². The summed E-state index contributed by atoms with van der Waals surface area (Å²) >= 11 is 0.773. The second-order valence-corrected chi connectivity index (χ2v) is 2.91. The van der Waals surface area contributed by atoms with E-state index in [0.29, 0.717) is 0 Å². The predicted octanol–water partition coefficient (Wildman–Crippen LogP) is -0.443. The van der Waals surface area contributed by atoms with Gasteiger partial charge in [0.1, 0.15) is 0 Å². The smallest absolute Gasteiger partial charge is 0 e. The maximum Gasteiger partial charge on any atom is 0 e. The van der Waals surface area contributed by atoms with Crippen LogP contribution in [-0.4, -0.2) is 9.79 Å². The molecule has 0 aliphatic rings. The van der Waals surface area contributed by atoms with Crippen molar-refractivity contribution in [3.8, 4) is 0 Å². The van der Waals surface area contributed by atoms with Crippen LogP contribution in [0.25, 0.3) is 0 Å². The van der Waals surface area contributed by atoms with E-state index in [2.05, 4.69) is 0.962 Å². The molecule has 0 spiro atoms. The monoisotopic (exact) mass is 344 g/mol. The van der Waals surface area contributed by atoms with Gasteiger partial charge >= 0.3 is 61.6 Å². The fourth-order valence-electron chi connectivity index (χ4n) is 0. The van der Waals surface area contributed by atoms with E-state index in [1.165, 1.54) is 0 Å². The van der Waals surface area contributed by atoms with Crippen molar-refractivity contribution in [1.82, 2.24) is 0 Å². The molecule has 0 aromatic carbocycles. The van der Waals surface area contributed by atoms with Crippen LogP contribution >= 0.6 is 7.82 Å². The summed E-state index contributed by atoms with van der Waals surface area (Å²) in [5.41, 5.74) is 0. The normalized spacial score (nSPS) is 10.1. The Morgan fingerprint density at radius 1 is 1.57 bits per heavy atom. The molecule has 4 nitrogen and oxygen atoms in total. The Morgan fingerprint density at radius 3 is 1.71 bits per heavy atom. The third kappa shape index (κ3) is 11.9.